The standard InChI is InChI=1S/C40H25N3O2/c1-21(2)38(44)28-17-14-25-27-16-19-30-37-29(39-42-32-10-6-7-11-33(32)43(39)40(30)45)18-15-26(36(27)37)24-13-12-23(34(28)35(24)25)20-41-31-9-5-4-8-22(31)3/h4-20H,1H2,2-3H3. The van der Waals surface area contributed by atoms with Gasteiger partial charge in [-0.15, -0.1) is 0 Å². The summed E-state index contributed by atoms with van der Waals surface area (Å²) in [5.74, 6) is -0.0928. The number of aryl methyl sites for hydroxylation is 1. The van der Waals surface area contributed by atoms with Crippen molar-refractivity contribution in [2.24, 2.45) is 4.99 Å². The van der Waals surface area contributed by atoms with Crippen LogP contribution in [-0.4, -0.2) is 21.4 Å². The summed E-state index contributed by atoms with van der Waals surface area (Å²) >= 11 is 0. The first-order chi connectivity index (χ1) is 21.9. The van der Waals surface area contributed by atoms with Gasteiger partial charge in [0.25, 0.3) is 5.56 Å². The van der Waals surface area contributed by atoms with Crippen LogP contribution < -0.4 is 5.56 Å². The first-order valence-corrected chi connectivity index (χ1v) is 14.9. The van der Waals surface area contributed by atoms with E-state index in [4.69, 9.17) is 9.98 Å². The summed E-state index contributed by atoms with van der Waals surface area (Å²) in [4.78, 5) is 37.4. The van der Waals surface area contributed by atoms with Gasteiger partial charge in [0.2, 0.25) is 0 Å². The number of imidazole rings is 1. The molecule has 7 aromatic carbocycles. The quantitative estimate of drug-likeness (QED) is 0.0686. The van der Waals surface area contributed by atoms with E-state index in [1.807, 2.05) is 85.9 Å². The Bertz CT molecular complexity index is 2820. The number of carbonyl (C=O) groups excluding carboxylic acids is 1. The normalized spacial score (nSPS) is 12.4. The number of carbonyl (C=O) groups is 1. The second-order valence-electron chi connectivity index (χ2n) is 11.9. The zero-order chi connectivity index (χ0) is 30.6. The Morgan fingerprint density at radius 3 is 2.09 bits per heavy atom. The Labute approximate surface area is 257 Å². The summed E-state index contributed by atoms with van der Waals surface area (Å²) in [6, 6.07) is 32.1. The summed E-state index contributed by atoms with van der Waals surface area (Å²) in [7, 11) is 0. The lowest BCUT2D eigenvalue weighted by Crippen LogP contribution is -2.13. The maximum Gasteiger partial charge on any atom is 0.264 e. The van der Waals surface area contributed by atoms with Gasteiger partial charge in [-0.25, -0.2) is 4.98 Å². The summed E-state index contributed by atoms with van der Waals surface area (Å²) in [6.45, 7) is 7.76. The van der Waals surface area contributed by atoms with Gasteiger partial charge in [-0.05, 0) is 93.7 Å². The third-order valence-corrected chi connectivity index (χ3v) is 9.26. The molecule has 0 N–H and O–H groups in total. The predicted molar refractivity (Wildman–Crippen MR) is 186 cm³/mol. The molecule has 5 nitrogen and oxygen atoms in total. The number of benzene rings is 7. The van der Waals surface area contributed by atoms with E-state index in [1.165, 1.54) is 0 Å². The Morgan fingerprint density at radius 2 is 1.33 bits per heavy atom. The number of aromatic nitrogens is 2. The van der Waals surface area contributed by atoms with Crippen LogP contribution in [0.3, 0.4) is 0 Å². The zero-order valence-electron chi connectivity index (χ0n) is 24.7. The van der Waals surface area contributed by atoms with Gasteiger partial charge < -0.3 is 0 Å². The van der Waals surface area contributed by atoms with E-state index in [2.05, 4.69) is 30.8 Å². The average molecular weight is 580 g/mol. The van der Waals surface area contributed by atoms with Crippen LogP contribution in [0.1, 0.15) is 28.4 Å². The summed E-state index contributed by atoms with van der Waals surface area (Å²) in [5, 5.41) is 9.52. The van der Waals surface area contributed by atoms with Gasteiger partial charge in [0.15, 0.2) is 5.78 Å². The van der Waals surface area contributed by atoms with Crippen LogP contribution in [-0.2, 0) is 0 Å². The molecule has 0 radical (unpaired) electrons. The van der Waals surface area contributed by atoms with E-state index in [0.29, 0.717) is 22.2 Å². The molecule has 0 unspecified atom stereocenters. The molecule has 0 bridgehead atoms. The first-order valence-electron chi connectivity index (χ1n) is 14.9. The van der Waals surface area contributed by atoms with Gasteiger partial charge in [-0.2, -0.15) is 0 Å². The number of ketones is 1. The summed E-state index contributed by atoms with van der Waals surface area (Å²) in [6.07, 6.45) is 1.86. The molecule has 2 aromatic heterocycles. The SMILES string of the molecule is C=C(C)C(=O)c1ccc2c3ccc4c(=O)n5c6ccccc6nc5c5ccc(c6ccc(C=Nc7ccccc7C)c1c26)c3c45. The van der Waals surface area contributed by atoms with Crippen LogP contribution >= 0.6 is 0 Å². The fourth-order valence-corrected chi connectivity index (χ4v) is 7.19. The van der Waals surface area contributed by atoms with Crippen molar-refractivity contribution in [1.82, 2.24) is 9.38 Å². The van der Waals surface area contributed by atoms with Gasteiger partial charge in [-0.1, -0.05) is 67.2 Å². The fourth-order valence-electron chi connectivity index (χ4n) is 7.19. The zero-order valence-corrected chi connectivity index (χ0v) is 24.7. The van der Waals surface area contributed by atoms with Gasteiger partial charge >= 0.3 is 0 Å². The third-order valence-electron chi connectivity index (χ3n) is 9.26. The van der Waals surface area contributed by atoms with Crippen molar-refractivity contribution in [1.29, 1.82) is 0 Å². The highest BCUT2D eigenvalue weighted by Crippen LogP contribution is 2.45. The van der Waals surface area contributed by atoms with E-state index in [0.717, 1.165) is 76.3 Å². The van der Waals surface area contributed by atoms with Crippen LogP contribution in [0.15, 0.2) is 119 Å². The van der Waals surface area contributed by atoms with Gasteiger partial charge in [0.1, 0.15) is 5.65 Å². The van der Waals surface area contributed by atoms with Crippen LogP contribution in [0.5, 0.6) is 0 Å². The number of fused-ring (bicyclic) bond motifs is 6. The number of rotatable bonds is 4. The van der Waals surface area contributed by atoms with E-state index in [9.17, 15) is 9.59 Å². The molecule has 212 valence electrons. The first kappa shape index (κ1) is 25.5. The van der Waals surface area contributed by atoms with E-state index >= 15 is 0 Å². The van der Waals surface area contributed by atoms with Gasteiger partial charge in [0.05, 0.1) is 16.7 Å². The van der Waals surface area contributed by atoms with Crippen molar-refractivity contribution in [2.75, 3.05) is 0 Å². The lowest BCUT2D eigenvalue weighted by atomic mass is 9.84. The topological polar surface area (TPSA) is 63.8 Å². The van der Waals surface area contributed by atoms with Crippen molar-refractivity contribution in [2.45, 2.75) is 13.8 Å². The highest BCUT2D eigenvalue weighted by Gasteiger charge is 2.23. The molecule has 2 heterocycles. The van der Waals surface area contributed by atoms with Crippen LogP contribution in [0.25, 0.3) is 70.5 Å². The van der Waals surface area contributed by atoms with E-state index in [-0.39, 0.29) is 11.3 Å². The number of pyridine rings is 1. The minimum absolute atomic E-state index is 0.0731. The molecule has 0 fully saturated rings. The molecule has 0 atom stereocenters. The number of allylic oxidation sites excluding steroid dienone is 1. The number of hydrogen-bond donors (Lipinski definition) is 0. The lowest BCUT2D eigenvalue weighted by Gasteiger charge is -2.19. The highest BCUT2D eigenvalue weighted by atomic mass is 16.1. The number of nitrogens with zero attached hydrogens (tertiary/aromatic N) is 3. The van der Waals surface area contributed by atoms with Crippen molar-refractivity contribution < 1.29 is 4.79 Å². The lowest BCUT2D eigenvalue weighted by molar-refractivity contribution is 0.103. The Kier molecular flexibility index (Phi) is 5.13. The number of aliphatic imine (C=N–C) groups is 1. The molecule has 0 aliphatic carbocycles. The third kappa shape index (κ3) is 3.38. The molecule has 0 saturated heterocycles. The summed E-state index contributed by atoms with van der Waals surface area (Å²) in [5.41, 5.74) is 6.10. The molecule has 0 aliphatic rings. The molecule has 0 saturated carbocycles. The Hall–Kier alpha value is -5.94. The average Bonchev–Trinajstić information content (AvgIpc) is 3.45. The molecule has 0 spiro atoms. The van der Waals surface area contributed by atoms with Crippen LogP contribution in [0.2, 0.25) is 0 Å². The molecular weight excluding hydrogens is 554 g/mol. The van der Waals surface area contributed by atoms with Crippen molar-refractivity contribution in [3.63, 3.8) is 0 Å². The maximum absolute atomic E-state index is 14.0. The second kappa shape index (κ2) is 9.04. The highest BCUT2D eigenvalue weighted by molar-refractivity contribution is 6.39. The Balaban J connectivity index is 1.45. The van der Waals surface area contributed by atoms with E-state index < -0.39 is 0 Å². The molecule has 5 heteroatoms. The minimum Gasteiger partial charge on any atom is -0.289 e. The predicted octanol–water partition coefficient (Wildman–Crippen LogP) is 9.31. The van der Waals surface area contributed by atoms with Crippen molar-refractivity contribution in [3.8, 4) is 0 Å². The molecule has 9 rings (SSSR count). The maximum atomic E-state index is 14.0. The van der Waals surface area contributed by atoms with E-state index in [1.54, 1.807) is 11.3 Å². The molecular formula is C40H25N3O2. The van der Waals surface area contributed by atoms with Crippen LogP contribution in [0, 0.1) is 6.92 Å². The Morgan fingerprint density at radius 1 is 0.733 bits per heavy atom. The van der Waals surface area contributed by atoms with Crippen molar-refractivity contribution in [3.05, 3.63) is 136 Å². The molecule has 9 aromatic rings. The molecule has 0 amide bonds. The monoisotopic (exact) mass is 579 g/mol. The largest absolute Gasteiger partial charge is 0.289 e. The van der Waals surface area contributed by atoms with Crippen molar-refractivity contribution >= 4 is 88.2 Å². The smallest absolute Gasteiger partial charge is 0.264 e. The minimum atomic E-state index is -0.0928. The number of hydrogen-bond acceptors (Lipinski definition) is 4. The second-order valence-corrected chi connectivity index (χ2v) is 11.9. The van der Waals surface area contributed by atoms with Gasteiger partial charge in [0, 0.05) is 38.9 Å². The molecule has 45 heavy (non-hydrogen) atoms. The molecule has 0 aliphatic heterocycles. The van der Waals surface area contributed by atoms with Crippen LogP contribution in [0.4, 0.5) is 5.69 Å². The number of para-hydroxylation sites is 3. The fraction of sp³-hybridized carbons (Fsp3) is 0.0500. The van der Waals surface area contributed by atoms with Gasteiger partial charge in [-0.3, -0.25) is 19.0 Å². The summed E-state index contributed by atoms with van der Waals surface area (Å²) < 4.78 is 1.74. The number of Topliss-reactive ketones (excluding diaryl/α,β-unsaturated/α-hetero) is 1.